The minimum atomic E-state index is -1.19. The van der Waals surface area contributed by atoms with E-state index in [1.165, 1.54) is 0 Å². The Labute approximate surface area is 232 Å². The van der Waals surface area contributed by atoms with Crippen LogP contribution >= 0.6 is 0 Å². The summed E-state index contributed by atoms with van der Waals surface area (Å²) in [6.07, 6.45) is 4.08. The standard InChI is InChI=1S/C29H29F4N3O5/c30-16-7-8-19(21(31)12-16)28(38)20-9-10-26(37)36(25(20)15-34)27-22(32)13-18(14-23(27)33)40-11-3-6-24(35)29(39)41-17-4-1-2-5-17/h7-10,12-14,17,24H,1-6,11,15,34-35H2. The van der Waals surface area contributed by atoms with Crippen LogP contribution in [0.2, 0.25) is 0 Å². The fraction of sp³-hybridized carbons (Fsp3) is 0.345. The lowest BCUT2D eigenvalue weighted by atomic mass is 10.0. The van der Waals surface area contributed by atoms with Crippen molar-refractivity contribution in [2.45, 2.75) is 57.2 Å². The van der Waals surface area contributed by atoms with Crippen LogP contribution in [-0.2, 0) is 16.1 Å². The van der Waals surface area contributed by atoms with Crippen molar-refractivity contribution in [3.63, 3.8) is 0 Å². The minimum absolute atomic E-state index is 0.0101. The average molecular weight is 576 g/mol. The molecule has 41 heavy (non-hydrogen) atoms. The Kier molecular flexibility index (Phi) is 9.56. The molecule has 1 aromatic heterocycles. The van der Waals surface area contributed by atoms with Crippen LogP contribution in [0.4, 0.5) is 17.6 Å². The number of nitrogens with two attached hydrogens (primary N) is 2. The van der Waals surface area contributed by atoms with Crippen LogP contribution in [-0.4, -0.2) is 35.1 Å². The van der Waals surface area contributed by atoms with Crippen molar-refractivity contribution in [3.05, 3.63) is 92.9 Å². The van der Waals surface area contributed by atoms with Crippen molar-refractivity contribution in [1.29, 1.82) is 0 Å². The molecule has 1 heterocycles. The zero-order valence-electron chi connectivity index (χ0n) is 22.0. The summed E-state index contributed by atoms with van der Waals surface area (Å²) in [6, 6.07) is 5.12. The van der Waals surface area contributed by atoms with Gasteiger partial charge in [-0.05, 0) is 56.7 Å². The predicted octanol–water partition coefficient (Wildman–Crippen LogP) is 4.06. The molecule has 12 heteroatoms. The molecule has 1 fully saturated rings. The molecule has 0 radical (unpaired) electrons. The number of hydrogen-bond donors (Lipinski definition) is 2. The minimum Gasteiger partial charge on any atom is -0.493 e. The van der Waals surface area contributed by atoms with E-state index in [0.29, 0.717) is 17.1 Å². The van der Waals surface area contributed by atoms with Gasteiger partial charge in [0.2, 0.25) is 0 Å². The van der Waals surface area contributed by atoms with E-state index in [9.17, 15) is 23.2 Å². The third-order valence-electron chi connectivity index (χ3n) is 6.84. The van der Waals surface area contributed by atoms with Crippen molar-refractivity contribution in [2.75, 3.05) is 6.61 Å². The Balaban J connectivity index is 1.50. The number of halogens is 4. The molecule has 0 saturated heterocycles. The SMILES string of the molecule is NCc1c(C(=O)c2ccc(F)cc2F)ccc(=O)n1-c1c(F)cc(OCCCC(N)C(=O)OC2CCCC2)cc1F. The van der Waals surface area contributed by atoms with Gasteiger partial charge in [-0.1, -0.05) is 0 Å². The second-order valence-corrected chi connectivity index (χ2v) is 9.70. The lowest BCUT2D eigenvalue weighted by molar-refractivity contribution is -0.150. The van der Waals surface area contributed by atoms with Crippen LogP contribution in [0.5, 0.6) is 5.75 Å². The number of hydrogen-bond acceptors (Lipinski definition) is 7. The van der Waals surface area contributed by atoms with E-state index < -0.39 is 64.4 Å². The first-order chi connectivity index (χ1) is 19.6. The van der Waals surface area contributed by atoms with Gasteiger partial charge in [-0.3, -0.25) is 19.0 Å². The third-order valence-corrected chi connectivity index (χ3v) is 6.84. The molecule has 4 N–H and O–H groups in total. The van der Waals surface area contributed by atoms with Gasteiger partial charge in [0.25, 0.3) is 5.56 Å². The quantitative estimate of drug-likeness (QED) is 0.153. The maximum Gasteiger partial charge on any atom is 0.323 e. The summed E-state index contributed by atoms with van der Waals surface area (Å²) in [7, 11) is 0. The van der Waals surface area contributed by atoms with Crippen LogP contribution < -0.4 is 21.8 Å². The van der Waals surface area contributed by atoms with Crippen molar-refractivity contribution in [1.82, 2.24) is 4.57 Å². The molecule has 4 rings (SSSR count). The number of carbonyl (C=O) groups is 2. The molecule has 0 spiro atoms. The summed E-state index contributed by atoms with van der Waals surface area (Å²) in [5.74, 6) is -6.07. The number of ether oxygens (including phenoxy) is 2. The molecule has 1 saturated carbocycles. The topological polar surface area (TPSA) is 127 Å². The first-order valence-electron chi connectivity index (χ1n) is 13.1. The molecule has 1 unspecified atom stereocenters. The molecule has 0 bridgehead atoms. The lowest BCUT2D eigenvalue weighted by Gasteiger charge is -2.18. The fourth-order valence-electron chi connectivity index (χ4n) is 4.76. The van der Waals surface area contributed by atoms with E-state index in [1.807, 2.05) is 0 Å². The lowest BCUT2D eigenvalue weighted by Crippen LogP contribution is -2.34. The first-order valence-corrected chi connectivity index (χ1v) is 13.1. The first kappa shape index (κ1) is 29.9. The summed E-state index contributed by atoms with van der Waals surface area (Å²) in [5.41, 5.74) is 8.85. The summed E-state index contributed by atoms with van der Waals surface area (Å²) in [5, 5.41) is 0. The van der Waals surface area contributed by atoms with Crippen LogP contribution in [0.15, 0.2) is 47.3 Å². The van der Waals surface area contributed by atoms with E-state index in [-0.39, 0.29) is 36.1 Å². The third kappa shape index (κ3) is 6.83. The highest BCUT2D eigenvalue weighted by Crippen LogP contribution is 2.27. The molecule has 1 aliphatic rings. The Bertz CT molecular complexity index is 1480. The van der Waals surface area contributed by atoms with Gasteiger partial charge in [-0.15, -0.1) is 0 Å². The van der Waals surface area contributed by atoms with Gasteiger partial charge in [0.05, 0.1) is 17.9 Å². The Morgan fingerprint density at radius 2 is 1.61 bits per heavy atom. The molecular formula is C29H29F4N3O5. The van der Waals surface area contributed by atoms with Gasteiger partial charge >= 0.3 is 5.97 Å². The van der Waals surface area contributed by atoms with Gasteiger partial charge in [-0.2, -0.15) is 0 Å². The van der Waals surface area contributed by atoms with E-state index in [2.05, 4.69) is 0 Å². The van der Waals surface area contributed by atoms with Gasteiger partial charge in [0, 0.05) is 36.4 Å². The smallest absolute Gasteiger partial charge is 0.323 e. The average Bonchev–Trinajstić information content (AvgIpc) is 3.44. The number of carbonyl (C=O) groups excluding carboxylic acids is 2. The van der Waals surface area contributed by atoms with Gasteiger partial charge in [-0.25, -0.2) is 17.6 Å². The van der Waals surface area contributed by atoms with E-state index in [1.54, 1.807) is 0 Å². The Hall–Kier alpha value is -4.03. The second kappa shape index (κ2) is 13.1. The van der Waals surface area contributed by atoms with Gasteiger partial charge in [0.1, 0.15) is 35.2 Å². The van der Waals surface area contributed by atoms with E-state index >= 15 is 8.78 Å². The van der Waals surface area contributed by atoms with E-state index in [4.69, 9.17) is 20.9 Å². The van der Waals surface area contributed by atoms with Gasteiger partial charge in [0.15, 0.2) is 17.4 Å². The van der Waals surface area contributed by atoms with Crippen molar-refractivity contribution in [3.8, 4) is 11.4 Å². The molecule has 1 aliphatic carbocycles. The van der Waals surface area contributed by atoms with Crippen LogP contribution in [0.1, 0.15) is 60.1 Å². The molecule has 3 aromatic rings. The number of nitrogens with zero attached hydrogens (tertiary/aromatic N) is 1. The molecule has 0 aliphatic heterocycles. The van der Waals surface area contributed by atoms with Crippen LogP contribution in [0, 0.1) is 23.3 Å². The largest absolute Gasteiger partial charge is 0.493 e. The zero-order valence-corrected chi connectivity index (χ0v) is 22.0. The highest BCUT2D eigenvalue weighted by Gasteiger charge is 2.25. The fourth-order valence-corrected chi connectivity index (χ4v) is 4.76. The number of rotatable bonds is 11. The van der Waals surface area contributed by atoms with Crippen LogP contribution in [0.3, 0.4) is 0 Å². The molecule has 218 valence electrons. The molecular weight excluding hydrogens is 546 g/mol. The van der Waals surface area contributed by atoms with Crippen molar-refractivity contribution < 1.29 is 36.6 Å². The summed E-state index contributed by atoms with van der Waals surface area (Å²) >= 11 is 0. The van der Waals surface area contributed by atoms with Crippen LogP contribution in [0.25, 0.3) is 5.69 Å². The molecule has 2 aromatic carbocycles. The predicted molar refractivity (Wildman–Crippen MR) is 141 cm³/mol. The number of esters is 1. The number of aromatic nitrogens is 1. The van der Waals surface area contributed by atoms with Gasteiger partial charge < -0.3 is 20.9 Å². The monoisotopic (exact) mass is 575 g/mol. The molecule has 1 atom stereocenters. The summed E-state index contributed by atoms with van der Waals surface area (Å²) < 4.78 is 69.4. The maximum atomic E-state index is 15.2. The highest BCUT2D eigenvalue weighted by atomic mass is 19.1. The summed E-state index contributed by atoms with van der Waals surface area (Å²) in [6.45, 7) is -0.523. The number of benzene rings is 2. The maximum absolute atomic E-state index is 15.2. The molecule has 8 nitrogen and oxygen atoms in total. The normalized spacial score (nSPS) is 14.2. The van der Waals surface area contributed by atoms with Crippen molar-refractivity contribution >= 4 is 11.8 Å². The molecule has 0 amide bonds. The Morgan fingerprint density at radius 1 is 0.951 bits per heavy atom. The summed E-state index contributed by atoms with van der Waals surface area (Å²) in [4.78, 5) is 37.8. The van der Waals surface area contributed by atoms with Crippen molar-refractivity contribution in [2.24, 2.45) is 11.5 Å². The number of pyridine rings is 1. The zero-order chi connectivity index (χ0) is 29.7. The second-order valence-electron chi connectivity index (χ2n) is 9.70. The highest BCUT2D eigenvalue weighted by molar-refractivity contribution is 6.09. The Morgan fingerprint density at radius 3 is 2.24 bits per heavy atom. The van der Waals surface area contributed by atoms with E-state index in [0.717, 1.165) is 62.1 Å². The number of ketones is 1.